The lowest BCUT2D eigenvalue weighted by Crippen LogP contribution is -2.40. The monoisotopic (exact) mass is 265 g/mol. The summed E-state index contributed by atoms with van der Waals surface area (Å²) in [6.45, 7) is 3.76. The number of likely N-dealkylation sites (tertiary alicyclic amines) is 1. The number of halogens is 1. The van der Waals surface area contributed by atoms with Crippen molar-refractivity contribution in [1.82, 2.24) is 4.90 Å². The zero-order valence-electron chi connectivity index (χ0n) is 10.9. The lowest BCUT2D eigenvalue weighted by atomic mass is 9.95. The van der Waals surface area contributed by atoms with Crippen LogP contribution in [0.2, 0.25) is 0 Å². The summed E-state index contributed by atoms with van der Waals surface area (Å²) in [7, 11) is 0. The summed E-state index contributed by atoms with van der Waals surface area (Å²) < 4.78 is 0. The average molecular weight is 266 g/mol. The Bertz CT molecular complexity index is 417. The van der Waals surface area contributed by atoms with Crippen molar-refractivity contribution in [1.29, 1.82) is 0 Å². The first-order chi connectivity index (χ1) is 8.70. The zero-order chi connectivity index (χ0) is 13.0. The fourth-order valence-electron chi connectivity index (χ4n) is 2.60. The van der Waals surface area contributed by atoms with E-state index in [4.69, 9.17) is 11.6 Å². The van der Waals surface area contributed by atoms with Crippen LogP contribution in [0.4, 0.5) is 0 Å². The molecule has 1 aromatic carbocycles. The largest absolute Gasteiger partial charge is 0.338 e. The number of rotatable bonds is 3. The van der Waals surface area contributed by atoms with Crippen molar-refractivity contribution in [2.45, 2.75) is 26.2 Å². The maximum Gasteiger partial charge on any atom is 0.253 e. The molecule has 2 nitrogen and oxygen atoms in total. The molecule has 1 amide bonds. The van der Waals surface area contributed by atoms with Gasteiger partial charge in [0.2, 0.25) is 0 Å². The van der Waals surface area contributed by atoms with Gasteiger partial charge in [0.25, 0.3) is 5.91 Å². The minimum absolute atomic E-state index is 0.165. The number of aryl methyl sites for hydroxylation is 1. The summed E-state index contributed by atoms with van der Waals surface area (Å²) in [6, 6.07) is 7.83. The van der Waals surface area contributed by atoms with Gasteiger partial charge < -0.3 is 4.90 Å². The Morgan fingerprint density at radius 3 is 3.06 bits per heavy atom. The molecule has 2 rings (SSSR count). The van der Waals surface area contributed by atoms with E-state index in [0.717, 1.165) is 37.1 Å². The van der Waals surface area contributed by atoms with Gasteiger partial charge >= 0.3 is 0 Å². The van der Waals surface area contributed by atoms with E-state index in [9.17, 15) is 4.79 Å². The van der Waals surface area contributed by atoms with Crippen LogP contribution in [0.1, 0.15) is 35.2 Å². The number of hydrogen-bond acceptors (Lipinski definition) is 1. The first-order valence-electron chi connectivity index (χ1n) is 6.62. The molecule has 1 unspecified atom stereocenters. The Morgan fingerprint density at radius 1 is 1.50 bits per heavy atom. The number of hydrogen-bond donors (Lipinski definition) is 0. The van der Waals surface area contributed by atoms with Crippen LogP contribution >= 0.6 is 11.6 Å². The van der Waals surface area contributed by atoms with Crippen LogP contribution in [0, 0.1) is 12.8 Å². The van der Waals surface area contributed by atoms with Crippen molar-refractivity contribution >= 4 is 17.5 Å². The van der Waals surface area contributed by atoms with Gasteiger partial charge in [0.05, 0.1) is 0 Å². The molecule has 1 saturated heterocycles. The summed E-state index contributed by atoms with van der Waals surface area (Å²) >= 11 is 5.80. The van der Waals surface area contributed by atoms with Gasteiger partial charge in [-0.25, -0.2) is 0 Å². The number of alkyl halides is 1. The van der Waals surface area contributed by atoms with E-state index < -0.39 is 0 Å². The minimum atomic E-state index is 0.165. The van der Waals surface area contributed by atoms with Crippen LogP contribution in [0.15, 0.2) is 24.3 Å². The van der Waals surface area contributed by atoms with E-state index in [2.05, 4.69) is 0 Å². The predicted octanol–water partition coefficient (Wildman–Crippen LogP) is 3.48. The molecule has 1 aliphatic rings. The Labute approximate surface area is 114 Å². The van der Waals surface area contributed by atoms with Crippen molar-refractivity contribution in [2.24, 2.45) is 5.92 Å². The number of nitrogens with zero attached hydrogens (tertiary/aromatic N) is 1. The van der Waals surface area contributed by atoms with Crippen LogP contribution in [-0.4, -0.2) is 29.8 Å². The normalized spacial score (nSPS) is 19.9. The van der Waals surface area contributed by atoms with E-state index in [-0.39, 0.29) is 5.91 Å². The van der Waals surface area contributed by atoms with E-state index >= 15 is 0 Å². The van der Waals surface area contributed by atoms with Gasteiger partial charge in [-0.15, -0.1) is 11.6 Å². The zero-order valence-corrected chi connectivity index (χ0v) is 11.6. The van der Waals surface area contributed by atoms with E-state index in [1.807, 2.05) is 36.1 Å². The Morgan fingerprint density at radius 2 is 2.33 bits per heavy atom. The highest BCUT2D eigenvalue weighted by Crippen LogP contribution is 2.21. The second kappa shape index (κ2) is 6.24. The molecule has 1 heterocycles. The molecule has 0 radical (unpaired) electrons. The van der Waals surface area contributed by atoms with Gasteiger partial charge in [0.1, 0.15) is 0 Å². The molecule has 18 heavy (non-hydrogen) atoms. The molecule has 0 spiro atoms. The lowest BCUT2D eigenvalue weighted by molar-refractivity contribution is 0.0671. The Balaban J connectivity index is 2.04. The summed E-state index contributed by atoms with van der Waals surface area (Å²) in [5.41, 5.74) is 1.94. The summed E-state index contributed by atoms with van der Waals surface area (Å²) in [5, 5.41) is 0. The summed E-state index contributed by atoms with van der Waals surface area (Å²) in [6.07, 6.45) is 3.31. The van der Waals surface area contributed by atoms with Gasteiger partial charge in [-0.05, 0) is 44.2 Å². The third-order valence-electron chi connectivity index (χ3n) is 3.59. The van der Waals surface area contributed by atoms with Crippen molar-refractivity contribution in [3.63, 3.8) is 0 Å². The van der Waals surface area contributed by atoms with Crippen molar-refractivity contribution < 1.29 is 4.79 Å². The lowest BCUT2D eigenvalue weighted by Gasteiger charge is -2.32. The highest BCUT2D eigenvalue weighted by Gasteiger charge is 2.23. The molecule has 1 fully saturated rings. The number of benzene rings is 1. The van der Waals surface area contributed by atoms with Crippen molar-refractivity contribution in [3.05, 3.63) is 35.4 Å². The number of amides is 1. The highest BCUT2D eigenvalue weighted by molar-refractivity contribution is 6.17. The van der Waals surface area contributed by atoms with E-state index in [1.54, 1.807) is 0 Å². The van der Waals surface area contributed by atoms with E-state index in [0.29, 0.717) is 11.8 Å². The second-order valence-electron chi connectivity index (χ2n) is 5.11. The molecule has 0 aromatic heterocycles. The maximum atomic E-state index is 12.4. The molecule has 0 aliphatic carbocycles. The topological polar surface area (TPSA) is 20.3 Å². The fraction of sp³-hybridized carbons (Fsp3) is 0.533. The van der Waals surface area contributed by atoms with Crippen LogP contribution < -0.4 is 0 Å². The Hall–Kier alpha value is -1.02. The number of piperidine rings is 1. The highest BCUT2D eigenvalue weighted by atomic mass is 35.5. The minimum Gasteiger partial charge on any atom is -0.338 e. The molecule has 1 aromatic rings. The molecule has 0 saturated carbocycles. The second-order valence-corrected chi connectivity index (χ2v) is 5.48. The summed E-state index contributed by atoms with van der Waals surface area (Å²) in [4.78, 5) is 14.4. The van der Waals surface area contributed by atoms with Crippen LogP contribution in [0.3, 0.4) is 0 Å². The van der Waals surface area contributed by atoms with E-state index in [1.165, 1.54) is 6.42 Å². The molecular weight excluding hydrogens is 246 g/mol. The molecule has 1 atom stereocenters. The van der Waals surface area contributed by atoms with Gasteiger partial charge in [-0.3, -0.25) is 4.79 Å². The summed E-state index contributed by atoms with van der Waals surface area (Å²) in [5.74, 6) is 1.43. The number of carbonyl (C=O) groups excluding carboxylic acids is 1. The van der Waals surface area contributed by atoms with Crippen LogP contribution in [0.25, 0.3) is 0 Å². The molecule has 0 N–H and O–H groups in total. The molecular formula is C15H20ClNO. The van der Waals surface area contributed by atoms with Gasteiger partial charge in [-0.2, -0.15) is 0 Å². The van der Waals surface area contributed by atoms with Gasteiger partial charge in [-0.1, -0.05) is 17.7 Å². The quantitative estimate of drug-likeness (QED) is 0.767. The van der Waals surface area contributed by atoms with Crippen molar-refractivity contribution in [3.8, 4) is 0 Å². The number of carbonyl (C=O) groups is 1. The molecule has 0 bridgehead atoms. The maximum absolute atomic E-state index is 12.4. The predicted molar refractivity (Wildman–Crippen MR) is 75.1 cm³/mol. The smallest absolute Gasteiger partial charge is 0.253 e. The third-order valence-corrected chi connectivity index (χ3v) is 3.81. The van der Waals surface area contributed by atoms with Gasteiger partial charge in [0, 0.05) is 24.5 Å². The standard InChI is InChI=1S/C15H20ClNO/c1-12-4-2-6-14(10-12)15(18)17-9-3-5-13(11-17)7-8-16/h2,4,6,10,13H,3,5,7-9,11H2,1H3. The molecule has 98 valence electrons. The van der Waals surface area contributed by atoms with Crippen molar-refractivity contribution in [2.75, 3.05) is 19.0 Å². The fourth-order valence-corrected chi connectivity index (χ4v) is 2.91. The average Bonchev–Trinajstić information content (AvgIpc) is 2.39. The first kappa shape index (κ1) is 13.4. The van der Waals surface area contributed by atoms with Crippen LogP contribution in [0.5, 0.6) is 0 Å². The first-order valence-corrected chi connectivity index (χ1v) is 7.16. The van der Waals surface area contributed by atoms with Gasteiger partial charge in [0.15, 0.2) is 0 Å². The molecule has 3 heteroatoms. The van der Waals surface area contributed by atoms with Crippen LogP contribution in [-0.2, 0) is 0 Å². The molecule has 1 aliphatic heterocycles. The third kappa shape index (κ3) is 3.26. The Kier molecular flexibility index (Phi) is 4.65. The SMILES string of the molecule is Cc1cccc(C(=O)N2CCCC(CCCl)C2)c1.